The zero-order valence-electron chi connectivity index (χ0n) is 10.4. The number of Topliss-reactive ketones (excluding diaryl/α,β-unsaturated/α-hetero) is 1. The summed E-state index contributed by atoms with van der Waals surface area (Å²) in [6, 6.07) is 5.95. The Balaban J connectivity index is 2.72. The lowest BCUT2D eigenvalue weighted by molar-refractivity contribution is 0.0973. The van der Waals surface area contributed by atoms with E-state index in [9.17, 15) is 4.79 Å². The first-order valence-corrected chi connectivity index (χ1v) is 5.90. The highest BCUT2D eigenvalue weighted by atomic mass is 16.1. The molecule has 1 atom stereocenters. The summed E-state index contributed by atoms with van der Waals surface area (Å²) in [7, 11) is 0. The van der Waals surface area contributed by atoms with Crippen molar-refractivity contribution in [1.82, 2.24) is 0 Å². The van der Waals surface area contributed by atoms with E-state index in [2.05, 4.69) is 13.0 Å². The minimum atomic E-state index is -0.00156. The molecule has 0 spiro atoms. The predicted octanol–water partition coefficient (Wildman–Crippen LogP) is 3.00. The summed E-state index contributed by atoms with van der Waals surface area (Å²) in [6.45, 7) is 6.10. The number of carbonyl (C=O) groups is 1. The summed E-state index contributed by atoms with van der Waals surface area (Å²) in [5, 5.41) is 0. The van der Waals surface area contributed by atoms with Crippen LogP contribution >= 0.6 is 0 Å². The third-order valence-corrected chi connectivity index (χ3v) is 2.65. The van der Waals surface area contributed by atoms with Crippen molar-refractivity contribution in [2.24, 2.45) is 5.73 Å². The van der Waals surface area contributed by atoms with Crippen molar-refractivity contribution in [3.05, 3.63) is 34.9 Å². The second kappa shape index (κ2) is 5.80. The van der Waals surface area contributed by atoms with Gasteiger partial charge in [-0.25, -0.2) is 0 Å². The molecule has 0 amide bonds. The van der Waals surface area contributed by atoms with Crippen LogP contribution in [0, 0.1) is 13.8 Å². The molecule has 2 heteroatoms. The zero-order chi connectivity index (χ0) is 12.1. The SMILES string of the molecule is CCCC(N)CC(=O)c1cc(C)cc(C)c1. The van der Waals surface area contributed by atoms with Crippen molar-refractivity contribution in [3.8, 4) is 0 Å². The van der Waals surface area contributed by atoms with E-state index in [4.69, 9.17) is 5.73 Å². The molecule has 1 aromatic rings. The molecule has 0 saturated carbocycles. The van der Waals surface area contributed by atoms with Gasteiger partial charge in [-0.3, -0.25) is 4.79 Å². The van der Waals surface area contributed by atoms with Crippen molar-refractivity contribution < 1.29 is 4.79 Å². The van der Waals surface area contributed by atoms with Gasteiger partial charge in [-0.1, -0.05) is 30.5 Å². The van der Waals surface area contributed by atoms with Crippen molar-refractivity contribution in [2.75, 3.05) is 0 Å². The number of hydrogen-bond acceptors (Lipinski definition) is 2. The second-order valence-electron chi connectivity index (χ2n) is 4.55. The monoisotopic (exact) mass is 219 g/mol. The number of benzene rings is 1. The number of hydrogen-bond donors (Lipinski definition) is 1. The van der Waals surface area contributed by atoms with Gasteiger partial charge >= 0.3 is 0 Å². The highest BCUT2D eigenvalue weighted by Gasteiger charge is 2.11. The summed E-state index contributed by atoms with van der Waals surface area (Å²) in [4.78, 5) is 12.0. The molecule has 0 bridgehead atoms. The van der Waals surface area contributed by atoms with Gasteiger partial charge in [0, 0.05) is 18.0 Å². The van der Waals surface area contributed by atoms with Gasteiger partial charge in [-0.05, 0) is 32.4 Å². The molecule has 0 radical (unpaired) electrons. The van der Waals surface area contributed by atoms with Crippen LogP contribution in [-0.2, 0) is 0 Å². The summed E-state index contributed by atoms with van der Waals surface area (Å²) < 4.78 is 0. The van der Waals surface area contributed by atoms with Gasteiger partial charge in [-0.15, -0.1) is 0 Å². The first kappa shape index (κ1) is 12.9. The van der Waals surface area contributed by atoms with Crippen molar-refractivity contribution in [3.63, 3.8) is 0 Å². The molecule has 16 heavy (non-hydrogen) atoms. The van der Waals surface area contributed by atoms with Crippen LogP contribution in [0.4, 0.5) is 0 Å². The van der Waals surface area contributed by atoms with Gasteiger partial charge in [0.1, 0.15) is 0 Å². The van der Waals surface area contributed by atoms with Crippen molar-refractivity contribution in [1.29, 1.82) is 0 Å². The lowest BCUT2D eigenvalue weighted by atomic mass is 9.98. The molecule has 1 aromatic carbocycles. The minimum absolute atomic E-state index is 0.00156. The Kier molecular flexibility index (Phi) is 4.69. The maximum absolute atomic E-state index is 12.0. The fourth-order valence-corrected chi connectivity index (χ4v) is 1.96. The molecule has 0 fully saturated rings. The third-order valence-electron chi connectivity index (χ3n) is 2.65. The summed E-state index contributed by atoms with van der Waals surface area (Å²) in [5.74, 6) is 0.160. The average Bonchev–Trinajstić information content (AvgIpc) is 2.16. The highest BCUT2D eigenvalue weighted by Crippen LogP contribution is 2.12. The fourth-order valence-electron chi connectivity index (χ4n) is 1.96. The standard InChI is InChI=1S/C14H21NO/c1-4-5-13(15)9-14(16)12-7-10(2)6-11(3)8-12/h6-8,13H,4-5,9,15H2,1-3H3. The van der Waals surface area contributed by atoms with E-state index in [0.29, 0.717) is 6.42 Å². The van der Waals surface area contributed by atoms with E-state index < -0.39 is 0 Å². The molecule has 1 unspecified atom stereocenters. The van der Waals surface area contributed by atoms with Crippen LogP contribution in [0.25, 0.3) is 0 Å². The van der Waals surface area contributed by atoms with Gasteiger partial charge in [-0.2, -0.15) is 0 Å². The number of ketones is 1. The van der Waals surface area contributed by atoms with Crippen LogP contribution in [0.2, 0.25) is 0 Å². The van der Waals surface area contributed by atoms with E-state index in [0.717, 1.165) is 29.5 Å². The maximum Gasteiger partial charge on any atom is 0.164 e. The van der Waals surface area contributed by atoms with Crippen LogP contribution < -0.4 is 5.73 Å². The fraction of sp³-hybridized carbons (Fsp3) is 0.500. The number of nitrogens with two attached hydrogens (primary N) is 1. The van der Waals surface area contributed by atoms with Crippen LogP contribution in [0.15, 0.2) is 18.2 Å². The predicted molar refractivity (Wildman–Crippen MR) is 67.7 cm³/mol. The first-order valence-electron chi connectivity index (χ1n) is 5.90. The molecule has 2 nitrogen and oxygen atoms in total. The minimum Gasteiger partial charge on any atom is -0.327 e. The quantitative estimate of drug-likeness (QED) is 0.774. The van der Waals surface area contributed by atoms with E-state index in [-0.39, 0.29) is 11.8 Å². The molecule has 0 aliphatic rings. The topological polar surface area (TPSA) is 43.1 Å². The summed E-state index contributed by atoms with van der Waals surface area (Å²) in [6.07, 6.45) is 2.40. The van der Waals surface area contributed by atoms with Gasteiger partial charge in [0.15, 0.2) is 5.78 Å². The Bertz CT molecular complexity index is 351. The second-order valence-corrected chi connectivity index (χ2v) is 4.55. The van der Waals surface area contributed by atoms with Crippen LogP contribution in [-0.4, -0.2) is 11.8 Å². The zero-order valence-corrected chi connectivity index (χ0v) is 10.4. The summed E-state index contributed by atoms with van der Waals surface area (Å²) in [5.41, 5.74) is 8.94. The number of aryl methyl sites for hydroxylation is 2. The molecule has 1 rings (SSSR count). The third kappa shape index (κ3) is 3.78. The molecular formula is C14H21NO. The Hall–Kier alpha value is -1.15. The van der Waals surface area contributed by atoms with Gasteiger partial charge < -0.3 is 5.73 Å². The average molecular weight is 219 g/mol. The Morgan fingerprint density at radius 3 is 2.31 bits per heavy atom. The number of carbonyl (C=O) groups excluding carboxylic acids is 1. The summed E-state index contributed by atoms with van der Waals surface area (Å²) >= 11 is 0. The molecule has 0 aromatic heterocycles. The Labute approximate surface area is 97.9 Å². The Morgan fingerprint density at radius 1 is 1.25 bits per heavy atom. The Morgan fingerprint density at radius 2 is 1.81 bits per heavy atom. The largest absolute Gasteiger partial charge is 0.327 e. The smallest absolute Gasteiger partial charge is 0.164 e. The molecule has 0 aliphatic heterocycles. The van der Waals surface area contributed by atoms with Crippen molar-refractivity contribution >= 4 is 5.78 Å². The molecule has 0 saturated heterocycles. The van der Waals surface area contributed by atoms with Gasteiger partial charge in [0.05, 0.1) is 0 Å². The maximum atomic E-state index is 12.0. The molecular weight excluding hydrogens is 198 g/mol. The lowest BCUT2D eigenvalue weighted by Gasteiger charge is -2.10. The van der Waals surface area contributed by atoms with Crippen LogP contribution in [0.3, 0.4) is 0 Å². The van der Waals surface area contributed by atoms with Crippen LogP contribution in [0.5, 0.6) is 0 Å². The highest BCUT2D eigenvalue weighted by molar-refractivity contribution is 5.96. The van der Waals surface area contributed by atoms with Gasteiger partial charge in [0.2, 0.25) is 0 Å². The van der Waals surface area contributed by atoms with Crippen molar-refractivity contribution in [2.45, 2.75) is 46.1 Å². The normalized spacial score (nSPS) is 12.5. The number of rotatable bonds is 5. The van der Waals surface area contributed by atoms with Gasteiger partial charge in [0.25, 0.3) is 0 Å². The van der Waals surface area contributed by atoms with E-state index in [1.807, 2.05) is 26.0 Å². The molecule has 2 N–H and O–H groups in total. The first-order chi connectivity index (χ1) is 7.52. The van der Waals surface area contributed by atoms with E-state index in [1.54, 1.807) is 0 Å². The van der Waals surface area contributed by atoms with E-state index >= 15 is 0 Å². The molecule has 0 aliphatic carbocycles. The lowest BCUT2D eigenvalue weighted by Crippen LogP contribution is -2.23. The van der Waals surface area contributed by atoms with Crippen LogP contribution in [0.1, 0.15) is 47.7 Å². The molecule has 0 heterocycles. The molecule has 88 valence electrons. The van der Waals surface area contributed by atoms with E-state index in [1.165, 1.54) is 0 Å².